The Morgan fingerprint density at radius 2 is 2.45 bits per heavy atom. The van der Waals surface area contributed by atoms with Crippen molar-refractivity contribution in [2.24, 2.45) is 0 Å². The van der Waals surface area contributed by atoms with Crippen LogP contribution >= 0.6 is 0 Å². The van der Waals surface area contributed by atoms with Crippen LogP contribution in [0.4, 0.5) is 0 Å². The lowest BCUT2D eigenvalue weighted by molar-refractivity contribution is -0.112. The molecule has 0 aromatic carbocycles. The third-order valence-electron chi connectivity index (χ3n) is 1.37. The van der Waals surface area contributed by atoms with E-state index in [1.807, 2.05) is 0 Å². The first-order valence-electron chi connectivity index (χ1n) is 3.64. The lowest BCUT2D eigenvalue weighted by atomic mass is 10.4. The summed E-state index contributed by atoms with van der Waals surface area (Å²) in [6, 6.07) is 0. The van der Waals surface area contributed by atoms with Gasteiger partial charge in [-0.25, -0.2) is 0 Å². The molecule has 0 spiro atoms. The van der Waals surface area contributed by atoms with Crippen molar-refractivity contribution in [3.8, 4) is 12.3 Å². The van der Waals surface area contributed by atoms with E-state index >= 15 is 0 Å². The fourth-order valence-electron chi connectivity index (χ4n) is 0.882. The van der Waals surface area contributed by atoms with Gasteiger partial charge >= 0.3 is 0 Å². The molecular weight excluding hydrogens is 144 g/mol. The summed E-state index contributed by atoms with van der Waals surface area (Å²) in [5, 5.41) is 0. The first-order valence-corrected chi connectivity index (χ1v) is 3.64. The highest BCUT2D eigenvalue weighted by Crippen LogP contribution is 2.00. The van der Waals surface area contributed by atoms with Crippen LogP contribution in [0, 0.1) is 12.3 Å². The van der Waals surface area contributed by atoms with Crippen molar-refractivity contribution < 1.29 is 14.2 Å². The van der Waals surface area contributed by atoms with E-state index in [9.17, 15) is 0 Å². The monoisotopic (exact) mass is 156 g/mol. The average Bonchev–Trinajstić information content (AvgIpc) is 2.07. The summed E-state index contributed by atoms with van der Waals surface area (Å²) in [4.78, 5) is 0. The van der Waals surface area contributed by atoms with Crippen molar-refractivity contribution in [3.05, 3.63) is 0 Å². The molecule has 0 amide bonds. The summed E-state index contributed by atoms with van der Waals surface area (Å²) in [6.45, 7) is 2.84. The van der Waals surface area contributed by atoms with E-state index in [1.54, 1.807) is 0 Å². The summed E-state index contributed by atoms with van der Waals surface area (Å²) >= 11 is 0. The van der Waals surface area contributed by atoms with E-state index in [0.717, 1.165) is 0 Å². The van der Waals surface area contributed by atoms with E-state index in [0.29, 0.717) is 33.0 Å². The minimum absolute atomic E-state index is 0.0668. The van der Waals surface area contributed by atoms with Gasteiger partial charge in [-0.05, 0) is 0 Å². The zero-order valence-electron chi connectivity index (χ0n) is 6.41. The number of rotatable bonds is 3. The highest BCUT2D eigenvalue weighted by Gasteiger charge is 2.13. The summed E-state index contributed by atoms with van der Waals surface area (Å²) in [7, 11) is 0. The zero-order chi connectivity index (χ0) is 7.94. The molecule has 0 aromatic heterocycles. The van der Waals surface area contributed by atoms with Crippen LogP contribution in [0.5, 0.6) is 0 Å². The maximum Gasteiger partial charge on any atom is 0.107 e. The number of hydrogen-bond acceptors (Lipinski definition) is 3. The van der Waals surface area contributed by atoms with Crippen LogP contribution in [-0.2, 0) is 14.2 Å². The van der Waals surface area contributed by atoms with E-state index in [1.165, 1.54) is 0 Å². The molecule has 1 fully saturated rings. The van der Waals surface area contributed by atoms with Gasteiger partial charge < -0.3 is 14.2 Å². The molecule has 0 aromatic rings. The number of terminal acetylenes is 1. The molecule has 1 heterocycles. The molecule has 1 aliphatic heterocycles. The molecule has 0 bridgehead atoms. The number of hydrogen-bond donors (Lipinski definition) is 0. The molecule has 3 nitrogen and oxygen atoms in total. The summed E-state index contributed by atoms with van der Waals surface area (Å²) in [6.07, 6.45) is 5.06. The molecule has 62 valence electrons. The maximum absolute atomic E-state index is 5.31. The molecule has 1 atom stereocenters. The van der Waals surface area contributed by atoms with Gasteiger partial charge in [-0.15, -0.1) is 6.42 Å². The third-order valence-corrected chi connectivity index (χ3v) is 1.37. The normalized spacial score (nSPS) is 24.5. The van der Waals surface area contributed by atoms with Crippen LogP contribution < -0.4 is 0 Å². The van der Waals surface area contributed by atoms with Crippen molar-refractivity contribution >= 4 is 0 Å². The van der Waals surface area contributed by atoms with E-state index in [2.05, 4.69) is 5.92 Å². The number of ether oxygens (including phenoxy) is 3. The van der Waals surface area contributed by atoms with Crippen molar-refractivity contribution in [1.29, 1.82) is 0 Å². The average molecular weight is 156 g/mol. The fraction of sp³-hybridized carbons (Fsp3) is 0.750. The van der Waals surface area contributed by atoms with E-state index in [-0.39, 0.29) is 6.10 Å². The maximum atomic E-state index is 5.31. The minimum atomic E-state index is 0.0668. The summed E-state index contributed by atoms with van der Waals surface area (Å²) < 4.78 is 15.5. The molecule has 0 N–H and O–H groups in total. The Morgan fingerprint density at radius 1 is 1.55 bits per heavy atom. The van der Waals surface area contributed by atoms with Crippen molar-refractivity contribution in [2.75, 3.05) is 33.0 Å². The summed E-state index contributed by atoms with van der Waals surface area (Å²) in [5.74, 6) is 2.39. The van der Waals surface area contributed by atoms with Crippen molar-refractivity contribution in [1.82, 2.24) is 0 Å². The topological polar surface area (TPSA) is 27.7 Å². The molecule has 11 heavy (non-hydrogen) atoms. The van der Waals surface area contributed by atoms with Gasteiger partial charge in [0.1, 0.15) is 12.7 Å². The second kappa shape index (κ2) is 5.14. The molecule has 1 rings (SSSR count). The van der Waals surface area contributed by atoms with E-state index < -0.39 is 0 Å². The standard InChI is InChI=1S/C8H12O3/c1-2-3-9-6-8-7-10-4-5-11-8/h1,8H,3-7H2/t8-/m0/s1. The Morgan fingerprint density at radius 3 is 3.09 bits per heavy atom. The van der Waals surface area contributed by atoms with Crippen LogP contribution in [0.3, 0.4) is 0 Å². The smallest absolute Gasteiger partial charge is 0.107 e. The summed E-state index contributed by atoms with van der Waals surface area (Å²) in [5.41, 5.74) is 0. The van der Waals surface area contributed by atoms with Gasteiger partial charge in [0.2, 0.25) is 0 Å². The van der Waals surface area contributed by atoms with Gasteiger partial charge in [0.25, 0.3) is 0 Å². The molecule has 1 saturated heterocycles. The molecule has 0 radical (unpaired) electrons. The highest BCUT2D eigenvalue weighted by atomic mass is 16.6. The lowest BCUT2D eigenvalue weighted by Crippen LogP contribution is -2.32. The first-order chi connectivity index (χ1) is 5.43. The van der Waals surface area contributed by atoms with Gasteiger partial charge in [0.05, 0.1) is 26.4 Å². The Labute approximate surface area is 66.6 Å². The Kier molecular flexibility index (Phi) is 3.99. The van der Waals surface area contributed by atoms with Crippen LogP contribution in [-0.4, -0.2) is 39.1 Å². The highest BCUT2D eigenvalue weighted by molar-refractivity contribution is 4.83. The Bertz CT molecular complexity index is 133. The van der Waals surface area contributed by atoms with Crippen molar-refractivity contribution in [2.45, 2.75) is 6.10 Å². The van der Waals surface area contributed by atoms with Crippen LogP contribution in [0.2, 0.25) is 0 Å². The van der Waals surface area contributed by atoms with E-state index in [4.69, 9.17) is 20.6 Å². The second-order valence-corrected chi connectivity index (χ2v) is 2.29. The molecule has 0 aliphatic carbocycles. The van der Waals surface area contributed by atoms with Gasteiger partial charge in [-0.1, -0.05) is 5.92 Å². The predicted octanol–water partition coefficient (Wildman–Crippen LogP) is 0.0516. The molecule has 3 heteroatoms. The largest absolute Gasteiger partial charge is 0.376 e. The minimum Gasteiger partial charge on any atom is -0.376 e. The van der Waals surface area contributed by atoms with Gasteiger partial charge in [-0.3, -0.25) is 0 Å². The fourth-order valence-corrected chi connectivity index (χ4v) is 0.882. The molecule has 0 saturated carbocycles. The van der Waals surface area contributed by atoms with Gasteiger partial charge in [0.15, 0.2) is 0 Å². The lowest BCUT2D eigenvalue weighted by Gasteiger charge is -2.22. The van der Waals surface area contributed by atoms with Crippen LogP contribution in [0.25, 0.3) is 0 Å². The van der Waals surface area contributed by atoms with Crippen molar-refractivity contribution in [3.63, 3.8) is 0 Å². The van der Waals surface area contributed by atoms with Gasteiger partial charge in [-0.2, -0.15) is 0 Å². The zero-order valence-corrected chi connectivity index (χ0v) is 6.41. The Balaban J connectivity index is 2.01. The SMILES string of the molecule is C#CCOC[C@H]1COCCO1. The quantitative estimate of drug-likeness (QED) is 0.427. The molecular formula is C8H12O3. The van der Waals surface area contributed by atoms with Crippen LogP contribution in [0.1, 0.15) is 0 Å². The molecule has 1 aliphatic rings. The Hall–Kier alpha value is -0.560. The predicted molar refractivity (Wildman–Crippen MR) is 40.2 cm³/mol. The van der Waals surface area contributed by atoms with Crippen LogP contribution in [0.15, 0.2) is 0 Å². The molecule has 0 unspecified atom stereocenters. The second-order valence-electron chi connectivity index (χ2n) is 2.29. The first kappa shape index (κ1) is 8.54. The third kappa shape index (κ3) is 3.38. The van der Waals surface area contributed by atoms with Gasteiger partial charge in [0, 0.05) is 0 Å².